The van der Waals surface area contributed by atoms with Gasteiger partial charge >= 0.3 is 5.69 Å². The van der Waals surface area contributed by atoms with Crippen molar-refractivity contribution in [2.45, 2.75) is 65.0 Å². The fourth-order valence-electron chi connectivity index (χ4n) is 5.54. The molecule has 0 N–H and O–H groups in total. The molecule has 0 aliphatic carbocycles. The van der Waals surface area contributed by atoms with Gasteiger partial charge in [0.2, 0.25) is 0 Å². The third kappa shape index (κ3) is 5.77. The van der Waals surface area contributed by atoms with Crippen molar-refractivity contribution >= 4 is 17.4 Å². The Morgan fingerprint density at radius 1 is 1.08 bits per heavy atom. The Morgan fingerprint density at radius 2 is 1.74 bits per heavy atom. The van der Waals surface area contributed by atoms with Crippen molar-refractivity contribution in [2.24, 2.45) is 5.41 Å². The van der Waals surface area contributed by atoms with E-state index in [9.17, 15) is 14.0 Å². The lowest BCUT2D eigenvalue weighted by Crippen LogP contribution is -2.46. The quantitative estimate of drug-likeness (QED) is 0.412. The number of carbonyl (C=O) groups is 1. The summed E-state index contributed by atoms with van der Waals surface area (Å²) in [6.07, 6.45) is 3.65. The zero-order chi connectivity index (χ0) is 27.0. The minimum Gasteiger partial charge on any atom is -0.378 e. The SMILES string of the molecule is CC(C)(C)CC(=O)Cc1nn(-c2ccc(CCN3C4CCC3COC4)cc2)c(=O)n1-c1ccc(F)c(Cl)c1. The molecule has 2 unspecified atom stereocenters. The van der Waals surface area contributed by atoms with Crippen LogP contribution >= 0.6 is 11.6 Å². The van der Waals surface area contributed by atoms with Gasteiger partial charge in [-0.25, -0.2) is 13.8 Å². The smallest absolute Gasteiger partial charge is 0.355 e. The second kappa shape index (κ2) is 10.8. The van der Waals surface area contributed by atoms with Gasteiger partial charge in [-0.05, 0) is 60.6 Å². The first-order valence-corrected chi connectivity index (χ1v) is 13.6. The lowest BCUT2D eigenvalue weighted by atomic mass is 9.89. The molecule has 5 rings (SSSR count). The van der Waals surface area contributed by atoms with Crippen LogP contribution < -0.4 is 5.69 Å². The third-order valence-corrected chi connectivity index (χ3v) is 7.61. The predicted octanol–water partition coefficient (Wildman–Crippen LogP) is 4.77. The van der Waals surface area contributed by atoms with Crippen LogP contribution in [0.5, 0.6) is 0 Å². The third-order valence-electron chi connectivity index (χ3n) is 7.32. The standard InChI is InChI=1S/C29H34ClFN4O3/c1-29(2,3)16-24(36)15-27-32-35(28(37)34(27)21-10-11-26(31)25(30)14-21)20-6-4-19(5-7-20)12-13-33-22-8-9-23(33)18-38-17-22/h4-7,10-11,14,22-23H,8-9,12-13,15-18H2,1-3H3. The number of ketones is 1. The van der Waals surface area contributed by atoms with E-state index in [0.29, 0.717) is 35.7 Å². The highest BCUT2D eigenvalue weighted by atomic mass is 35.5. The highest BCUT2D eigenvalue weighted by Gasteiger charge is 2.36. The average Bonchev–Trinajstić information content (AvgIpc) is 3.28. The topological polar surface area (TPSA) is 69.4 Å². The van der Waals surface area contributed by atoms with E-state index in [2.05, 4.69) is 10.00 Å². The largest absolute Gasteiger partial charge is 0.378 e. The molecule has 2 fully saturated rings. The summed E-state index contributed by atoms with van der Waals surface area (Å²) in [6.45, 7) is 8.59. The molecule has 3 aromatic rings. The maximum atomic E-state index is 13.8. The van der Waals surface area contributed by atoms with E-state index in [1.807, 2.05) is 45.0 Å². The summed E-state index contributed by atoms with van der Waals surface area (Å²) in [6, 6.07) is 12.9. The Kier molecular flexibility index (Phi) is 7.58. The van der Waals surface area contributed by atoms with Gasteiger partial charge in [0, 0.05) is 25.0 Å². The first-order valence-electron chi connectivity index (χ1n) is 13.2. The van der Waals surface area contributed by atoms with Crippen LogP contribution in [0.25, 0.3) is 11.4 Å². The Morgan fingerprint density at radius 3 is 2.37 bits per heavy atom. The highest BCUT2D eigenvalue weighted by Crippen LogP contribution is 2.29. The molecule has 9 heteroatoms. The normalized spacial score (nSPS) is 19.7. The monoisotopic (exact) mass is 540 g/mol. The minimum atomic E-state index is -0.582. The van der Waals surface area contributed by atoms with Crippen molar-refractivity contribution in [3.63, 3.8) is 0 Å². The molecule has 7 nitrogen and oxygen atoms in total. The van der Waals surface area contributed by atoms with Gasteiger partial charge in [-0.15, -0.1) is 5.10 Å². The lowest BCUT2D eigenvalue weighted by Gasteiger charge is -2.34. The minimum absolute atomic E-state index is 0.0194. The van der Waals surface area contributed by atoms with Gasteiger partial charge in [0.25, 0.3) is 0 Å². The Labute approximate surface area is 227 Å². The molecule has 0 amide bonds. The number of hydrogen-bond acceptors (Lipinski definition) is 5. The molecule has 2 atom stereocenters. The van der Waals surface area contributed by atoms with Crippen molar-refractivity contribution in [2.75, 3.05) is 19.8 Å². The number of rotatable bonds is 8. The van der Waals surface area contributed by atoms with Gasteiger partial charge in [0.05, 0.1) is 36.0 Å². The van der Waals surface area contributed by atoms with Gasteiger partial charge in [0.15, 0.2) is 0 Å². The number of nitrogens with zero attached hydrogens (tertiary/aromatic N) is 4. The van der Waals surface area contributed by atoms with E-state index >= 15 is 0 Å². The summed E-state index contributed by atoms with van der Waals surface area (Å²) in [4.78, 5) is 28.9. The van der Waals surface area contributed by atoms with Crippen LogP contribution in [-0.2, 0) is 22.4 Å². The number of benzene rings is 2. The number of carbonyl (C=O) groups excluding carboxylic acids is 1. The molecule has 0 radical (unpaired) electrons. The summed E-state index contributed by atoms with van der Waals surface area (Å²) in [5, 5.41) is 4.44. The molecule has 2 aliphatic heterocycles. The fourth-order valence-corrected chi connectivity index (χ4v) is 5.72. The van der Waals surface area contributed by atoms with Crippen LogP contribution in [0.15, 0.2) is 47.3 Å². The molecule has 38 heavy (non-hydrogen) atoms. The molecule has 3 heterocycles. The summed E-state index contributed by atoms with van der Waals surface area (Å²) in [5.74, 6) is -0.322. The van der Waals surface area contributed by atoms with Gasteiger partial charge in [-0.2, -0.15) is 4.68 Å². The molecule has 1 aromatic heterocycles. The first kappa shape index (κ1) is 26.8. The molecule has 202 valence electrons. The summed E-state index contributed by atoms with van der Waals surface area (Å²) >= 11 is 6.02. The van der Waals surface area contributed by atoms with Gasteiger partial charge in [-0.1, -0.05) is 44.5 Å². The van der Waals surface area contributed by atoms with Crippen molar-refractivity contribution in [1.82, 2.24) is 19.2 Å². The van der Waals surface area contributed by atoms with E-state index < -0.39 is 11.5 Å². The zero-order valence-corrected chi connectivity index (χ0v) is 22.9. The summed E-state index contributed by atoms with van der Waals surface area (Å²) in [5.41, 5.74) is 1.51. The average molecular weight is 541 g/mol. The van der Waals surface area contributed by atoms with Crippen molar-refractivity contribution in [3.8, 4) is 11.4 Å². The Balaban J connectivity index is 1.40. The summed E-state index contributed by atoms with van der Waals surface area (Å²) in [7, 11) is 0. The molecule has 2 saturated heterocycles. The van der Waals surface area contributed by atoms with Crippen molar-refractivity contribution in [1.29, 1.82) is 0 Å². The van der Waals surface area contributed by atoms with Crippen molar-refractivity contribution in [3.05, 3.63) is 75.2 Å². The zero-order valence-electron chi connectivity index (χ0n) is 22.1. The van der Waals surface area contributed by atoms with E-state index in [1.54, 1.807) is 0 Å². The van der Waals surface area contributed by atoms with Crippen LogP contribution in [0.4, 0.5) is 4.39 Å². The number of hydrogen-bond donors (Lipinski definition) is 0. The number of ether oxygens (including phenoxy) is 1. The Hall–Kier alpha value is -2.81. The van der Waals surface area contributed by atoms with Gasteiger partial charge < -0.3 is 4.74 Å². The molecule has 2 aromatic carbocycles. The van der Waals surface area contributed by atoms with E-state index in [0.717, 1.165) is 26.2 Å². The molecule has 2 bridgehead atoms. The maximum absolute atomic E-state index is 13.8. The molecule has 0 saturated carbocycles. The van der Waals surface area contributed by atoms with Crippen LogP contribution in [0.3, 0.4) is 0 Å². The molecule has 0 spiro atoms. The van der Waals surface area contributed by atoms with E-state index in [-0.39, 0.29) is 22.6 Å². The van der Waals surface area contributed by atoms with Gasteiger partial charge in [-0.3, -0.25) is 9.69 Å². The van der Waals surface area contributed by atoms with E-state index in [4.69, 9.17) is 16.3 Å². The second-order valence-corrected chi connectivity index (χ2v) is 12.0. The number of morpholine rings is 1. The van der Waals surface area contributed by atoms with Crippen LogP contribution in [0, 0.1) is 11.2 Å². The maximum Gasteiger partial charge on any atom is 0.355 e. The number of fused-ring (bicyclic) bond motifs is 2. The van der Waals surface area contributed by atoms with Crippen molar-refractivity contribution < 1.29 is 13.9 Å². The van der Waals surface area contributed by atoms with Crippen LogP contribution in [-0.4, -0.2) is 56.9 Å². The van der Waals surface area contributed by atoms with Crippen LogP contribution in [0.2, 0.25) is 5.02 Å². The van der Waals surface area contributed by atoms with Crippen LogP contribution in [0.1, 0.15) is 51.4 Å². The highest BCUT2D eigenvalue weighted by molar-refractivity contribution is 6.30. The molecular formula is C29H34ClFN4O3. The number of halogens is 2. The van der Waals surface area contributed by atoms with E-state index in [1.165, 1.54) is 45.9 Å². The number of Topliss-reactive ketones (excluding diaryl/α,β-unsaturated/α-hetero) is 1. The first-order chi connectivity index (χ1) is 18.1. The lowest BCUT2D eigenvalue weighted by molar-refractivity contribution is -0.120. The number of aromatic nitrogens is 3. The fraction of sp³-hybridized carbons (Fsp3) is 0.483. The molecule has 2 aliphatic rings. The Bertz CT molecular complexity index is 1360. The predicted molar refractivity (Wildman–Crippen MR) is 145 cm³/mol. The van der Waals surface area contributed by atoms with Gasteiger partial charge in [0.1, 0.15) is 17.4 Å². The molecular weight excluding hydrogens is 507 g/mol. The second-order valence-electron chi connectivity index (χ2n) is 11.6. The summed E-state index contributed by atoms with van der Waals surface area (Å²) < 4.78 is 22.2.